The lowest BCUT2D eigenvalue weighted by Crippen LogP contribution is -2.21. The smallest absolute Gasteiger partial charge is 0.281 e. The summed E-state index contributed by atoms with van der Waals surface area (Å²) in [4.78, 5) is 18.2. The van der Waals surface area contributed by atoms with Gasteiger partial charge in [0.05, 0.1) is 31.0 Å². The first-order chi connectivity index (χ1) is 16.0. The van der Waals surface area contributed by atoms with Gasteiger partial charge in [0.2, 0.25) is 0 Å². The van der Waals surface area contributed by atoms with Crippen molar-refractivity contribution in [3.63, 3.8) is 0 Å². The van der Waals surface area contributed by atoms with Gasteiger partial charge in [0, 0.05) is 30.7 Å². The Morgan fingerprint density at radius 1 is 1.27 bits per heavy atom. The van der Waals surface area contributed by atoms with Crippen LogP contribution in [0.3, 0.4) is 0 Å². The van der Waals surface area contributed by atoms with E-state index in [1.54, 1.807) is 35.0 Å². The number of allylic oxidation sites excluding steroid dienone is 1. The summed E-state index contributed by atoms with van der Waals surface area (Å²) in [6, 6.07) is 7.90. The quantitative estimate of drug-likeness (QED) is 0.398. The van der Waals surface area contributed by atoms with E-state index < -0.39 is 0 Å². The molecule has 2 N–H and O–H groups in total. The van der Waals surface area contributed by atoms with Crippen molar-refractivity contribution in [3.05, 3.63) is 78.3 Å². The molecule has 0 amide bonds. The first-order valence-electron chi connectivity index (χ1n) is 10.6. The number of ether oxygens (including phenoxy) is 1. The zero-order valence-corrected chi connectivity index (χ0v) is 18.6. The van der Waals surface area contributed by atoms with E-state index in [9.17, 15) is 4.79 Å². The molecule has 168 valence electrons. The van der Waals surface area contributed by atoms with E-state index in [1.165, 1.54) is 0 Å². The Hall–Kier alpha value is -4.27. The average Bonchev–Trinajstić information content (AvgIpc) is 3.45. The molecule has 0 radical (unpaired) electrons. The van der Waals surface area contributed by atoms with Gasteiger partial charge in [0.1, 0.15) is 16.7 Å². The maximum absolute atomic E-state index is 13.6. The van der Waals surface area contributed by atoms with Crippen molar-refractivity contribution in [1.82, 2.24) is 23.9 Å². The van der Waals surface area contributed by atoms with Crippen LogP contribution in [0.15, 0.2) is 72.7 Å². The zero-order valence-electron chi connectivity index (χ0n) is 18.6. The highest BCUT2D eigenvalue weighted by molar-refractivity contribution is 5.90. The fourth-order valence-corrected chi connectivity index (χ4v) is 3.87. The number of benzene rings is 1. The fourth-order valence-electron chi connectivity index (χ4n) is 3.87. The van der Waals surface area contributed by atoms with E-state index in [-0.39, 0.29) is 5.56 Å². The Balaban J connectivity index is 1.68. The van der Waals surface area contributed by atoms with Gasteiger partial charge in [-0.1, -0.05) is 19.2 Å². The molecule has 3 heterocycles. The van der Waals surface area contributed by atoms with Crippen molar-refractivity contribution in [2.45, 2.75) is 18.9 Å². The van der Waals surface area contributed by atoms with Crippen LogP contribution in [-0.4, -0.2) is 31.0 Å². The van der Waals surface area contributed by atoms with Crippen LogP contribution in [0.2, 0.25) is 0 Å². The Bertz CT molecular complexity index is 1440. The van der Waals surface area contributed by atoms with Crippen LogP contribution in [-0.2, 0) is 7.05 Å². The molecular formula is C24H25N7O2. The highest BCUT2D eigenvalue weighted by Crippen LogP contribution is 2.38. The number of hydrogen-bond acceptors (Lipinski definition) is 6. The van der Waals surface area contributed by atoms with Gasteiger partial charge in [-0.15, -0.1) is 5.10 Å². The van der Waals surface area contributed by atoms with E-state index in [2.05, 4.69) is 33.9 Å². The van der Waals surface area contributed by atoms with Gasteiger partial charge in [-0.3, -0.25) is 14.0 Å². The molecule has 0 spiro atoms. The molecule has 0 bridgehead atoms. The molecule has 1 aliphatic carbocycles. The molecule has 0 atom stereocenters. The molecule has 3 aromatic heterocycles. The topological polar surface area (TPSA) is 90.9 Å². The van der Waals surface area contributed by atoms with Gasteiger partial charge < -0.3 is 19.9 Å². The summed E-state index contributed by atoms with van der Waals surface area (Å²) in [6.45, 7) is 7.63. The van der Waals surface area contributed by atoms with Gasteiger partial charge in [-0.05, 0) is 37.1 Å². The molecule has 1 aliphatic rings. The van der Waals surface area contributed by atoms with Gasteiger partial charge in [-0.25, -0.2) is 4.98 Å². The monoisotopic (exact) mass is 443 g/mol. The predicted octanol–water partition coefficient (Wildman–Crippen LogP) is 4.12. The minimum Gasteiger partial charge on any atom is -0.478 e. The maximum atomic E-state index is 13.6. The fraction of sp³-hybridized carbons (Fsp3) is 0.208. The summed E-state index contributed by atoms with van der Waals surface area (Å²) in [5.74, 6) is 0.458. The summed E-state index contributed by atoms with van der Waals surface area (Å²) in [5.41, 5.74) is 4.62. The van der Waals surface area contributed by atoms with E-state index >= 15 is 0 Å². The number of rotatable bonds is 8. The van der Waals surface area contributed by atoms with Crippen LogP contribution in [0, 0.1) is 0 Å². The molecule has 9 nitrogen and oxygen atoms in total. The number of aryl methyl sites for hydroxylation is 1. The Kier molecular flexibility index (Phi) is 5.01. The number of imidazole rings is 1. The van der Waals surface area contributed by atoms with Crippen LogP contribution in [0.4, 0.5) is 17.1 Å². The molecule has 4 aromatic rings. The van der Waals surface area contributed by atoms with Gasteiger partial charge >= 0.3 is 0 Å². The molecule has 5 rings (SSSR count). The molecule has 1 aromatic carbocycles. The molecular weight excluding hydrogens is 418 g/mol. The summed E-state index contributed by atoms with van der Waals surface area (Å²) in [5, 5.41) is 10.9. The Morgan fingerprint density at radius 3 is 2.82 bits per heavy atom. The minimum absolute atomic E-state index is 0.127. The number of nitrogens with one attached hydrogen (secondary N) is 2. The SMILES string of the molecule is C=CC(=C)Nc1cccc(-n2cc(Nc3cn(C)nc3OC)c3ncn(C4CC4)c3c2=O)c1. The summed E-state index contributed by atoms with van der Waals surface area (Å²) in [6.07, 6.45) is 9.07. The van der Waals surface area contributed by atoms with Crippen LogP contribution in [0.1, 0.15) is 18.9 Å². The third-order valence-corrected chi connectivity index (χ3v) is 5.60. The lowest BCUT2D eigenvalue weighted by Gasteiger charge is -2.14. The highest BCUT2D eigenvalue weighted by atomic mass is 16.5. The Labute approximate surface area is 190 Å². The van der Waals surface area contributed by atoms with Crippen molar-refractivity contribution in [1.29, 1.82) is 0 Å². The molecule has 1 saturated carbocycles. The first kappa shape index (κ1) is 20.6. The van der Waals surface area contributed by atoms with Crippen molar-refractivity contribution >= 4 is 28.1 Å². The molecule has 1 fully saturated rings. The number of fused-ring (bicyclic) bond motifs is 1. The van der Waals surface area contributed by atoms with E-state index in [4.69, 9.17) is 4.74 Å². The second kappa shape index (κ2) is 8.01. The predicted molar refractivity (Wildman–Crippen MR) is 130 cm³/mol. The third kappa shape index (κ3) is 3.78. The number of aromatic nitrogens is 5. The van der Waals surface area contributed by atoms with E-state index in [0.717, 1.165) is 18.5 Å². The van der Waals surface area contributed by atoms with Crippen molar-refractivity contribution in [2.24, 2.45) is 7.05 Å². The highest BCUT2D eigenvalue weighted by Gasteiger charge is 2.28. The second-order valence-corrected chi connectivity index (χ2v) is 8.05. The summed E-state index contributed by atoms with van der Waals surface area (Å²) >= 11 is 0. The number of hydrogen-bond donors (Lipinski definition) is 2. The largest absolute Gasteiger partial charge is 0.478 e. The molecule has 9 heteroatoms. The lowest BCUT2D eigenvalue weighted by molar-refractivity contribution is 0.393. The summed E-state index contributed by atoms with van der Waals surface area (Å²) < 4.78 is 10.7. The molecule has 33 heavy (non-hydrogen) atoms. The number of pyridine rings is 1. The van der Waals surface area contributed by atoms with Crippen molar-refractivity contribution < 1.29 is 4.74 Å². The van der Waals surface area contributed by atoms with Gasteiger partial charge in [-0.2, -0.15) is 0 Å². The van der Waals surface area contributed by atoms with Gasteiger partial charge in [0.15, 0.2) is 0 Å². The average molecular weight is 444 g/mol. The van der Waals surface area contributed by atoms with Crippen molar-refractivity contribution in [2.75, 3.05) is 17.7 Å². The van der Waals surface area contributed by atoms with Crippen LogP contribution in [0.25, 0.3) is 16.7 Å². The lowest BCUT2D eigenvalue weighted by atomic mass is 10.2. The number of nitrogens with zero attached hydrogens (tertiary/aromatic N) is 5. The van der Waals surface area contributed by atoms with Crippen LogP contribution in [0.5, 0.6) is 5.88 Å². The second-order valence-electron chi connectivity index (χ2n) is 8.05. The molecule has 0 unspecified atom stereocenters. The number of methoxy groups -OCH3 is 1. The van der Waals surface area contributed by atoms with E-state index in [1.807, 2.05) is 42.1 Å². The maximum Gasteiger partial charge on any atom is 0.281 e. The molecule has 0 saturated heterocycles. The normalized spacial score (nSPS) is 13.2. The van der Waals surface area contributed by atoms with Crippen LogP contribution < -0.4 is 20.9 Å². The van der Waals surface area contributed by atoms with Crippen molar-refractivity contribution in [3.8, 4) is 11.6 Å². The third-order valence-electron chi connectivity index (χ3n) is 5.60. The number of anilines is 3. The standard InChI is InChI=1S/C24H25N7O2/c1-5-15(2)26-16-7-6-8-18(11-16)30-13-19(27-20-12-29(3)28-23(20)33-4)21-22(24(30)32)31(14-25-21)17-9-10-17/h5-8,11-14,17,26-27H,1-2,9-10H2,3-4H3. The van der Waals surface area contributed by atoms with Gasteiger partial charge in [0.25, 0.3) is 11.4 Å². The molecule has 0 aliphatic heterocycles. The van der Waals surface area contributed by atoms with E-state index in [0.29, 0.717) is 45.7 Å². The zero-order chi connectivity index (χ0) is 23.1. The Morgan fingerprint density at radius 2 is 2.09 bits per heavy atom. The first-order valence-corrected chi connectivity index (χ1v) is 10.6. The minimum atomic E-state index is -0.127. The van der Waals surface area contributed by atoms with Crippen LogP contribution >= 0.6 is 0 Å². The summed E-state index contributed by atoms with van der Waals surface area (Å²) in [7, 11) is 3.39.